The Kier molecular flexibility index (Phi) is 8.20. The number of nitriles is 1. The normalized spacial score (nSPS) is 12.3. The van der Waals surface area contributed by atoms with Crippen molar-refractivity contribution >= 4 is 17.5 Å². The van der Waals surface area contributed by atoms with E-state index < -0.39 is 0 Å². The smallest absolute Gasteiger partial charge is 0.227 e. The predicted molar refractivity (Wildman–Crippen MR) is 160 cm³/mol. The molecule has 1 N–H and O–H groups in total. The Balaban J connectivity index is 0.000000652. The lowest BCUT2D eigenvalue weighted by atomic mass is 9.91. The van der Waals surface area contributed by atoms with Gasteiger partial charge in [-0.05, 0) is 86.6 Å². The van der Waals surface area contributed by atoms with Crippen LogP contribution in [0.15, 0.2) is 57.4 Å². The number of aromatic nitrogens is 2. The average Bonchev–Trinajstić information content (AvgIpc) is 3.70. The van der Waals surface area contributed by atoms with Crippen LogP contribution in [0.25, 0.3) is 45.1 Å². The van der Waals surface area contributed by atoms with Crippen LogP contribution in [0.2, 0.25) is 0 Å². The topological polar surface area (TPSA) is 120 Å². The van der Waals surface area contributed by atoms with Gasteiger partial charge >= 0.3 is 0 Å². The molecule has 0 radical (unpaired) electrons. The lowest BCUT2D eigenvalue weighted by Crippen LogP contribution is -2.13. The van der Waals surface area contributed by atoms with Gasteiger partial charge in [0.25, 0.3) is 0 Å². The van der Waals surface area contributed by atoms with E-state index >= 15 is 0 Å². The number of fused-ring (bicyclic) bond motifs is 2. The molecule has 1 aliphatic rings. The number of carbonyl (C=O) groups excluding carboxylic acids is 1. The van der Waals surface area contributed by atoms with Gasteiger partial charge in [0.2, 0.25) is 18.2 Å². The zero-order valence-corrected chi connectivity index (χ0v) is 24.4. The molecule has 0 bridgehead atoms. The third-order valence-electron chi connectivity index (χ3n) is 7.53. The van der Waals surface area contributed by atoms with Gasteiger partial charge in [-0.2, -0.15) is 5.26 Å². The van der Waals surface area contributed by atoms with E-state index in [1.165, 1.54) is 0 Å². The van der Waals surface area contributed by atoms with E-state index in [9.17, 15) is 15.2 Å². The summed E-state index contributed by atoms with van der Waals surface area (Å²) in [5.74, 6) is 1.69. The molecule has 0 spiro atoms. The Hall–Kier alpha value is -4.78. The van der Waals surface area contributed by atoms with E-state index in [0.717, 1.165) is 57.8 Å². The van der Waals surface area contributed by atoms with Crippen molar-refractivity contribution in [3.63, 3.8) is 0 Å². The van der Waals surface area contributed by atoms with Gasteiger partial charge in [-0.15, -0.1) is 0 Å². The minimum absolute atomic E-state index is 0.181. The lowest BCUT2D eigenvalue weighted by molar-refractivity contribution is -0.118. The molecule has 0 saturated heterocycles. The molecule has 2 aromatic heterocycles. The molecule has 3 heterocycles. The molecule has 1 amide bonds. The number of nitrogens with zero attached hydrogens (tertiary/aromatic N) is 5. The number of aliphatic hydroxyl groups excluding tert-OH is 1. The van der Waals surface area contributed by atoms with Gasteiger partial charge in [0.15, 0.2) is 5.58 Å². The third kappa shape index (κ3) is 5.42. The maximum Gasteiger partial charge on any atom is 0.227 e. The van der Waals surface area contributed by atoms with E-state index in [1.807, 2.05) is 38.1 Å². The molecule has 42 heavy (non-hydrogen) atoms. The summed E-state index contributed by atoms with van der Waals surface area (Å²) < 4.78 is 12.1. The fourth-order valence-corrected chi connectivity index (χ4v) is 4.95. The van der Waals surface area contributed by atoms with E-state index in [4.69, 9.17) is 8.83 Å². The Labute approximate surface area is 244 Å². The van der Waals surface area contributed by atoms with Crippen LogP contribution in [-0.2, 0) is 24.5 Å². The standard InChI is InChI=1S/C29H22N4O4.C4H11N/c1-16-20(5-3-7-22(16)28-32-25-12-33(15-35)13-26(25)36-28)21-6-4-8-23(17(21)2)29-31-24-10-18(14-34)9-19(11-30)27(24)37-29;1-4-5(2)3/h3-10,15,34H,12-14H2,1-2H3;4H2,1-3H3. The molecule has 0 saturated carbocycles. The van der Waals surface area contributed by atoms with Gasteiger partial charge in [0, 0.05) is 11.1 Å². The molecule has 9 nitrogen and oxygen atoms in total. The summed E-state index contributed by atoms with van der Waals surface area (Å²) in [7, 11) is 4.11. The van der Waals surface area contributed by atoms with Crippen LogP contribution in [0.3, 0.4) is 0 Å². The molecule has 5 aromatic rings. The second-order valence-electron chi connectivity index (χ2n) is 10.5. The molecule has 3 aromatic carbocycles. The van der Waals surface area contributed by atoms with E-state index in [0.29, 0.717) is 47.1 Å². The molecule has 1 aliphatic heterocycles. The molecule has 0 aliphatic carbocycles. The molecular weight excluding hydrogens is 530 g/mol. The van der Waals surface area contributed by atoms with Crippen molar-refractivity contribution in [3.05, 3.63) is 82.2 Å². The van der Waals surface area contributed by atoms with Crippen LogP contribution < -0.4 is 0 Å². The molecule has 214 valence electrons. The summed E-state index contributed by atoms with van der Waals surface area (Å²) in [6.45, 7) is 8.03. The summed E-state index contributed by atoms with van der Waals surface area (Å²) >= 11 is 0. The van der Waals surface area contributed by atoms with Gasteiger partial charge in [-0.25, -0.2) is 9.97 Å². The van der Waals surface area contributed by atoms with Crippen LogP contribution >= 0.6 is 0 Å². The highest BCUT2D eigenvalue weighted by Crippen LogP contribution is 2.38. The van der Waals surface area contributed by atoms with Crippen molar-refractivity contribution < 1.29 is 18.7 Å². The summed E-state index contributed by atoms with van der Waals surface area (Å²) in [5, 5.41) is 19.1. The highest BCUT2D eigenvalue weighted by Gasteiger charge is 2.26. The number of aliphatic hydroxyl groups is 1. The first-order chi connectivity index (χ1) is 20.3. The van der Waals surface area contributed by atoms with Crippen LogP contribution in [-0.4, -0.2) is 51.9 Å². The van der Waals surface area contributed by atoms with Gasteiger partial charge in [-0.1, -0.05) is 31.2 Å². The van der Waals surface area contributed by atoms with E-state index in [2.05, 4.69) is 54.1 Å². The zero-order chi connectivity index (χ0) is 30.0. The maximum atomic E-state index is 11.1. The third-order valence-corrected chi connectivity index (χ3v) is 7.53. The van der Waals surface area contributed by atoms with Crippen LogP contribution in [0.1, 0.15) is 40.6 Å². The minimum Gasteiger partial charge on any atom is -0.439 e. The SMILES string of the molecule is CCN(C)C.Cc1c(-c2nc3c(o2)CN(C=O)C3)cccc1-c1cccc(-c2nc3cc(CO)cc(C#N)c3o2)c1C. The molecule has 0 fully saturated rings. The summed E-state index contributed by atoms with van der Waals surface area (Å²) in [5.41, 5.74) is 8.44. The molecule has 0 unspecified atom stereocenters. The maximum absolute atomic E-state index is 11.1. The minimum atomic E-state index is -0.181. The van der Waals surface area contributed by atoms with Crippen molar-refractivity contribution in [1.29, 1.82) is 5.26 Å². The molecule has 6 rings (SSSR count). The number of rotatable bonds is 6. The first kappa shape index (κ1) is 28.7. The highest BCUT2D eigenvalue weighted by atomic mass is 16.4. The van der Waals surface area contributed by atoms with Crippen LogP contribution in [0.5, 0.6) is 0 Å². The fraction of sp³-hybridized carbons (Fsp3) is 0.273. The number of carbonyl (C=O) groups is 1. The van der Waals surface area contributed by atoms with Crippen molar-refractivity contribution in [2.75, 3.05) is 20.6 Å². The fourth-order valence-electron chi connectivity index (χ4n) is 4.95. The number of amides is 1. The second kappa shape index (κ2) is 12.0. The van der Waals surface area contributed by atoms with Gasteiger partial charge in [-0.3, -0.25) is 4.79 Å². The number of hydrogen-bond donors (Lipinski definition) is 1. The van der Waals surface area contributed by atoms with Crippen LogP contribution in [0, 0.1) is 25.2 Å². The largest absolute Gasteiger partial charge is 0.439 e. The van der Waals surface area contributed by atoms with Gasteiger partial charge in [0.05, 0.1) is 25.3 Å². The van der Waals surface area contributed by atoms with Crippen LogP contribution in [0.4, 0.5) is 0 Å². The summed E-state index contributed by atoms with van der Waals surface area (Å²) in [6.07, 6.45) is 0.808. The second-order valence-corrected chi connectivity index (χ2v) is 10.5. The molecule has 0 atom stereocenters. The average molecular weight is 564 g/mol. The van der Waals surface area contributed by atoms with E-state index in [1.54, 1.807) is 17.0 Å². The quantitative estimate of drug-likeness (QED) is 0.256. The molecular formula is C33H33N5O4. The number of oxazole rings is 2. The van der Waals surface area contributed by atoms with Crippen molar-refractivity contribution in [2.45, 2.75) is 40.5 Å². The first-order valence-corrected chi connectivity index (χ1v) is 13.7. The Bertz CT molecular complexity index is 1790. The highest BCUT2D eigenvalue weighted by molar-refractivity contribution is 5.85. The lowest BCUT2D eigenvalue weighted by Gasteiger charge is -2.14. The van der Waals surface area contributed by atoms with Gasteiger partial charge < -0.3 is 23.7 Å². The Morgan fingerprint density at radius 1 is 0.976 bits per heavy atom. The van der Waals surface area contributed by atoms with Crippen molar-refractivity contribution in [3.8, 4) is 40.1 Å². The number of hydrogen-bond acceptors (Lipinski definition) is 8. The summed E-state index contributed by atoms with van der Waals surface area (Å²) in [6, 6.07) is 17.5. The van der Waals surface area contributed by atoms with Crippen molar-refractivity contribution in [1.82, 2.24) is 19.8 Å². The number of benzene rings is 3. The monoisotopic (exact) mass is 563 g/mol. The Morgan fingerprint density at radius 2 is 1.57 bits per heavy atom. The van der Waals surface area contributed by atoms with E-state index in [-0.39, 0.29) is 6.61 Å². The zero-order valence-electron chi connectivity index (χ0n) is 24.4. The van der Waals surface area contributed by atoms with Crippen molar-refractivity contribution in [2.24, 2.45) is 0 Å². The first-order valence-electron chi connectivity index (χ1n) is 13.7. The summed E-state index contributed by atoms with van der Waals surface area (Å²) in [4.78, 5) is 24.1. The Morgan fingerprint density at radius 3 is 2.10 bits per heavy atom. The predicted octanol–water partition coefficient (Wildman–Crippen LogP) is 5.84. The molecule has 9 heteroatoms. The van der Waals surface area contributed by atoms with Gasteiger partial charge in [0.1, 0.15) is 23.0 Å².